The number of benzene rings is 1. The first kappa shape index (κ1) is 19.9. The normalized spacial score (nSPS) is 20.4. The number of rotatable bonds is 9. The summed E-state index contributed by atoms with van der Waals surface area (Å²) < 4.78 is 19.2. The number of carbonyl (C=O) groups is 1. The van der Waals surface area contributed by atoms with E-state index in [0.29, 0.717) is 30.1 Å². The van der Waals surface area contributed by atoms with Crippen molar-refractivity contribution in [1.29, 1.82) is 0 Å². The molecule has 0 saturated heterocycles. The van der Waals surface area contributed by atoms with Crippen molar-refractivity contribution in [2.75, 3.05) is 0 Å². The van der Waals surface area contributed by atoms with Gasteiger partial charge in [-0.1, -0.05) is 71.3 Å². The number of hydrogen-bond donors (Lipinski definition) is 0. The zero-order valence-electron chi connectivity index (χ0n) is 15.9. The van der Waals surface area contributed by atoms with Crippen molar-refractivity contribution in [3.63, 3.8) is 0 Å². The molecular formula is C22H33FO2. The molecule has 0 heterocycles. The molecule has 0 spiro atoms. The van der Waals surface area contributed by atoms with Crippen LogP contribution < -0.4 is 4.74 Å². The molecule has 0 N–H and O–H groups in total. The van der Waals surface area contributed by atoms with Gasteiger partial charge in [-0.05, 0) is 36.3 Å². The summed E-state index contributed by atoms with van der Waals surface area (Å²) in [5.74, 6) is 1.35. The lowest BCUT2D eigenvalue weighted by Crippen LogP contribution is -2.17. The van der Waals surface area contributed by atoms with Crippen molar-refractivity contribution >= 4 is 5.97 Å². The lowest BCUT2D eigenvalue weighted by molar-refractivity contribution is -0.134. The Labute approximate surface area is 152 Å². The van der Waals surface area contributed by atoms with Gasteiger partial charge in [-0.15, -0.1) is 0 Å². The van der Waals surface area contributed by atoms with Crippen LogP contribution in [0.25, 0.3) is 0 Å². The number of unbranched alkanes of at least 4 members (excludes halogenated alkanes) is 1. The molecule has 1 saturated carbocycles. The Hall–Kier alpha value is -1.38. The molecular weight excluding hydrogens is 315 g/mol. The van der Waals surface area contributed by atoms with Gasteiger partial charge < -0.3 is 4.74 Å². The zero-order valence-corrected chi connectivity index (χ0v) is 15.9. The van der Waals surface area contributed by atoms with Gasteiger partial charge in [-0.3, -0.25) is 4.79 Å². The lowest BCUT2D eigenvalue weighted by atomic mass is 9.78. The standard InChI is InChI=1S/C22H33FO2/c1-3-5-7-17-8-10-18(11-9-17)12-15-22(24)25-20-14-13-19(6-4-2)21(23)16-20/h13-14,16-18H,3-12,15H2,1-2H3/t17-,18-. The number of hydrogen-bond acceptors (Lipinski definition) is 2. The Morgan fingerprint density at radius 3 is 2.36 bits per heavy atom. The van der Waals surface area contributed by atoms with E-state index in [1.807, 2.05) is 6.92 Å². The summed E-state index contributed by atoms with van der Waals surface area (Å²) in [5.41, 5.74) is 0.683. The van der Waals surface area contributed by atoms with Crippen LogP contribution in [0.15, 0.2) is 18.2 Å². The second kappa shape index (κ2) is 10.6. The molecule has 1 aromatic rings. The van der Waals surface area contributed by atoms with Crippen LogP contribution in [0.3, 0.4) is 0 Å². The van der Waals surface area contributed by atoms with Gasteiger partial charge in [-0.25, -0.2) is 4.39 Å². The Morgan fingerprint density at radius 2 is 1.76 bits per heavy atom. The van der Waals surface area contributed by atoms with E-state index in [-0.39, 0.29) is 11.8 Å². The summed E-state index contributed by atoms with van der Waals surface area (Å²) >= 11 is 0. The third kappa shape index (κ3) is 6.80. The van der Waals surface area contributed by atoms with Gasteiger partial charge in [0.2, 0.25) is 0 Å². The molecule has 1 aliphatic rings. The first-order valence-corrected chi connectivity index (χ1v) is 10.1. The van der Waals surface area contributed by atoms with Gasteiger partial charge in [0.05, 0.1) is 0 Å². The SMILES string of the molecule is CCCC[C@H]1CC[C@H](CCC(=O)Oc2ccc(CCC)c(F)c2)CC1. The molecule has 0 radical (unpaired) electrons. The maximum Gasteiger partial charge on any atom is 0.311 e. The summed E-state index contributed by atoms with van der Waals surface area (Å²) in [6.45, 7) is 4.27. The van der Waals surface area contributed by atoms with E-state index < -0.39 is 0 Å². The lowest BCUT2D eigenvalue weighted by Gasteiger charge is -2.28. The number of esters is 1. The summed E-state index contributed by atoms with van der Waals surface area (Å²) in [4.78, 5) is 12.0. The van der Waals surface area contributed by atoms with Crippen LogP contribution in [0.4, 0.5) is 4.39 Å². The zero-order chi connectivity index (χ0) is 18.1. The minimum atomic E-state index is -0.280. The predicted octanol–water partition coefficient (Wildman–Crippen LogP) is 6.46. The third-order valence-electron chi connectivity index (χ3n) is 5.46. The van der Waals surface area contributed by atoms with Crippen molar-refractivity contribution in [2.24, 2.45) is 11.8 Å². The number of ether oxygens (including phenoxy) is 1. The maximum absolute atomic E-state index is 13.9. The molecule has 0 atom stereocenters. The minimum absolute atomic E-state index is 0.240. The molecule has 0 bridgehead atoms. The highest BCUT2D eigenvalue weighted by Crippen LogP contribution is 2.34. The Balaban J connectivity index is 1.70. The van der Waals surface area contributed by atoms with Gasteiger partial charge in [-0.2, -0.15) is 0 Å². The van der Waals surface area contributed by atoms with Crippen LogP contribution in [-0.4, -0.2) is 5.97 Å². The first-order chi connectivity index (χ1) is 12.1. The average Bonchev–Trinajstić information content (AvgIpc) is 2.61. The molecule has 0 aromatic heterocycles. The van der Waals surface area contributed by atoms with Crippen LogP contribution >= 0.6 is 0 Å². The number of aryl methyl sites for hydroxylation is 1. The average molecular weight is 349 g/mol. The fraction of sp³-hybridized carbons (Fsp3) is 0.682. The Morgan fingerprint density at radius 1 is 1.08 bits per heavy atom. The van der Waals surface area contributed by atoms with Crippen molar-refractivity contribution in [3.05, 3.63) is 29.6 Å². The highest BCUT2D eigenvalue weighted by atomic mass is 19.1. The van der Waals surface area contributed by atoms with E-state index >= 15 is 0 Å². The highest BCUT2D eigenvalue weighted by molar-refractivity contribution is 5.72. The molecule has 0 amide bonds. The van der Waals surface area contributed by atoms with Crippen LogP contribution in [0.1, 0.15) is 83.6 Å². The van der Waals surface area contributed by atoms with Gasteiger partial charge >= 0.3 is 5.97 Å². The van der Waals surface area contributed by atoms with Crippen LogP contribution in [0, 0.1) is 17.7 Å². The molecule has 2 nitrogen and oxygen atoms in total. The van der Waals surface area contributed by atoms with E-state index in [1.165, 1.54) is 51.0 Å². The number of halogens is 1. The van der Waals surface area contributed by atoms with Crippen molar-refractivity contribution < 1.29 is 13.9 Å². The first-order valence-electron chi connectivity index (χ1n) is 10.1. The molecule has 140 valence electrons. The summed E-state index contributed by atoms with van der Waals surface area (Å²) in [6, 6.07) is 4.76. The quantitative estimate of drug-likeness (QED) is 0.378. The van der Waals surface area contributed by atoms with Crippen molar-refractivity contribution in [2.45, 2.75) is 84.5 Å². The second-order valence-corrected chi connectivity index (χ2v) is 7.54. The monoisotopic (exact) mass is 348 g/mol. The molecule has 25 heavy (non-hydrogen) atoms. The van der Waals surface area contributed by atoms with E-state index in [4.69, 9.17) is 4.74 Å². The third-order valence-corrected chi connectivity index (χ3v) is 5.46. The molecule has 0 aliphatic heterocycles. The smallest absolute Gasteiger partial charge is 0.311 e. The highest BCUT2D eigenvalue weighted by Gasteiger charge is 2.21. The molecule has 2 rings (SSSR count). The van der Waals surface area contributed by atoms with Crippen molar-refractivity contribution in [1.82, 2.24) is 0 Å². The molecule has 0 unspecified atom stereocenters. The van der Waals surface area contributed by atoms with E-state index in [2.05, 4.69) is 6.92 Å². The van der Waals surface area contributed by atoms with Crippen LogP contribution in [-0.2, 0) is 11.2 Å². The van der Waals surface area contributed by atoms with Gasteiger partial charge in [0, 0.05) is 12.5 Å². The Kier molecular flexibility index (Phi) is 8.43. The van der Waals surface area contributed by atoms with Gasteiger partial charge in [0.1, 0.15) is 11.6 Å². The summed E-state index contributed by atoms with van der Waals surface area (Å²) in [6.07, 6.45) is 12.0. The fourth-order valence-corrected chi connectivity index (χ4v) is 3.87. The molecule has 3 heteroatoms. The number of carbonyl (C=O) groups excluding carboxylic acids is 1. The van der Waals surface area contributed by atoms with Gasteiger partial charge in [0.25, 0.3) is 0 Å². The van der Waals surface area contributed by atoms with Crippen LogP contribution in [0.5, 0.6) is 5.75 Å². The van der Waals surface area contributed by atoms with Gasteiger partial charge in [0.15, 0.2) is 0 Å². The topological polar surface area (TPSA) is 26.3 Å². The fourth-order valence-electron chi connectivity index (χ4n) is 3.87. The van der Waals surface area contributed by atoms with Crippen molar-refractivity contribution in [3.8, 4) is 5.75 Å². The predicted molar refractivity (Wildman–Crippen MR) is 100 cm³/mol. The van der Waals surface area contributed by atoms with Crippen LogP contribution in [0.2, 0.25) is 0 Å². The summed E-state index contributed by atoms with van der Waals surface area (Å²) in [7, 11) is 0. The van der Waals surface area contributed by atoms with E-state index in [0.717, 1.165) is 18.8 Å². The molecule has 1 aliphatic carbocycles. The largest absolute Gasteiger partial charge is 0.426 e. The van der Waals surface area contributed by atoms with E-state index in [1.54, 1.807) is 12.1 Å². The molecule has 1 aromatic carbocycles. The molecule has 1 fully saturated rings. The minimum Gasteiger partial charge on any atom is -0.426 e. The van der Waals surface area contributed by atoms with E-state index in [9.17, 15) is 9.18 Å². The summed E-state index contributed by atoms with van der Waals surface area (Å²) in [5, 5.41) is 0. The second-order valence-electron chi connectivity index (χ2n) is 7.54. The Bertz CT molecular complexity index is 533. The maximum atomic E-state index is 13.9.